The zero-order valence-electron chi connectivity index (χ0n) is 11.2. The molecule has 1 aliphatic rings. The van der Waals surface area contributed by atoms with Crippen LogP contribution in [0, 0.1) is 19.8 Å². The van der Waals surface area contributed by atoms with E-state index in [1.165, 1.54) is 0 Å². The van der Waals surface area contributed by atoms with E-state index in [0.717, 1.165) is 24.2 Å². The number of nitrogens with zero attached hydrogens (tertiary/aromatic N) is 2. The maximum Gasteiger partial charge on any atom is 0.308 e. The number of carboxylic acids is 1. The number of carbonyl (C=O) groups is 2. The van der Waals surface area contributed by atoms with E-state index < -0.39 is 11.9 Å². The van der Waals surface area contributed by atoms with Crippen molar-refractivity contribution in [3.05, 3.63) is 17.5 Å². The van der Waals surface area contributed by atoms with E-state index >= 15 is 0 Å². The van der Waals surface area contributed by atoms with Crippen molar-refractivity contribution in [2.75, 3.05) is 0 Å². The Morgan fingerprint density at radius 2 is 2.21 bits per heavy atom. The average Bonchev–Trinajstić information content (AvgIpc) is 2.86. The van der Waals surface area contributed by atoms with Crippen molar-refractivity contribution in [2.45, 2.75) is 45.7 Å². The average molecular weight is 265 g/mol. The third kappa shape index (κ3) is 3.13. The highest BCUT2D eigenvalue weighted by molar-refractivity contribution is 5.78. The van der Waals surface area contributed by atoms with E-state index in [9.17, 15) is 9.59 Å². The molecule has 104 valence electrons. The molecule has 19 heavy (non-hydrogen) atoms. The molecule has 1 aromatic rings. The molecule has 1 amide bonds. The van der Waals surface area contributed by atoms with Crippen molar-refractivity contribution in [3.8, 4) is 0 Å². The van der Waals surface area contributed by atoms with E-state index in [1.807, 2.05) is 19.9 Å². The van der Waals surface area contributed by atoms with Crippen molar-refractivity contribution >= 4 is 11.9 Å². The predicted molar refractivity (Wildman–Crippen MR) is 68.6 cm³/mol. The quantitative estimate of drug-likeness (QED) is 0.846. The van der Waals surface area contributed by atoms with Gasteiger partial charge in [0.2, 0.25) is 5.91 Å². The van der Waals surface area contributed by atoms with Crippen molar-refractivity contribution in [1.29, 1.82) is 0 Å². The van der Waals surface area contributed by atoms with Crippen molar-refractivity contribution < 1.29 is 14.7 Å². The van der Waals surface area contributed by atoms with Crippen LogP contribution in [0.25, 0.3) is 0 Å². The lowest BCUT2D eigenvalue weighted by Gasteiger charge is -2.17. The summed E-state index contributed by atoms with van der Waals surface area (Å²) >= 11 is 0. The van der Waals surface area contributed by atoms with Gasteiger partial charge < -0.3 is 10.4 Å². The van der Waals surface area contributed by atoms with Gasteiger partial charge in [0.15, 0.2) is 0 Å². The summed E-state index contributed by atoms with van der Waals surface area (Å²) < 4.78 is 1.63. The molecule has 1 aliphatic carbocycles. The van der Waals surface area contributed by atoms with Crippen molar-refractivity contribution in [3.63, 3.8) is 0 Å². The van der Waals surface area contributed by atoms with Crippen LogP contribution in [-0.2, 0) is 16.1 Å². The summed E-state index contributed by atoms with van der Waals surface area (Å²) in [5, 5.41) is 16.1. The first-order valence-electron chi connectivity index (χ1n) is 6.50. The Balaban J connectivity index is 1.94. The lowest BCUT2D eigenvalue weighted by Crippen LogP contribution is -2.41. The number of amides is 1. The van der Waals surface area contributed by atoms with Gasteiger partial charge in [-0.05, 0) is 32.8 Å². The van der Waals surface area contributed by atoms with E-state index in [0.29, 0.717) is 6.42 Å². The topological polar surface area (TPSA) is 84.2 Å². The molecule has 0 aromatic carbocycles. The fraction of sp³-hybridized carbons (Fsp3) is 0.615. The van der Waals surface area contributed by atoms with Gasteiger partial charge in [-0.1, -0.05) is 6.42 Å². The van der Waals surface area contributed by atoms with E-state index in [2.05, 4.69) is 10.4 Å². The van der Waals surface area contributed by atoms with Crippen LogP contribution in [0.15, 0.2) is 6.07 Å². The number of carbonyl (C=O) groups excluding carboxylic acids is 1. The van der Waals surface area contributed by atoms with Crippen molar-refractivity contribution in [1.82, 2.24) is 15.1 Å². The van der Waals surface area contributed by atoms with Gasteiger partial charge in [-0.15, -0.1) is 0 Å². The molecule has 1 fully saturated rings. The molecule has 0 spiro atoms. The van der Waals surface area contributed by atoms with E-state index in [1.54, 1.807) is 4.68 Å². The first-order chi connectivity index (χ1) is 8.97. The molecule has 2 rings (SSSR count). The highest BCUT2D eigenvalue weighted by Crippen LogP contribution is 2.25. The van der Waals surface area contributed by atoms with Gasteiger partial charge in [0, 0.05) is 11.7 Å². The summed E-state index contributed by atoms with van der Waals surface area (Å²) in [7, 11) is 0. The molecule has 1 aromatic heterocycles. The summed E-state index contributed by atoms with van der Waals surface area (Å²) in [5.41, 5.74) is 1.79. The predicted octanol–water partition coefficient (Wildman–Crippen LogP) is 0.869. The first-order valence-corrected chi connectivity index (χ1v) is 6.50. The number of rotatable bonds is 4. The Morgan fingerprint density at radius 3 is 2.79 bits per heavy atom. The Morgan fingerprint density at radius 1 is 1.47 bits per heavy atom. The van der Waals surface area contributed by atoms with Crippen LogP contribution in [0.2, 0.25) is 0 Å². The number of nitrogens with one attached hydrogen (secondary N) is 1. The molecule has 1 saturated carbocycles. The molecule has 0 unspecified atom stereocenters. The lowest BCUT2D eigenvalue weighted by molar-refractivity contribution is -0.142. The molecular weight excluding hydrogens is 246 g/mol. The molecule has 6 nitrogen and oxygen atoms in total. The summed E-state index contributed by atoms with van der Waals surface area (Å²) in [4.78, 5) is 23.0. The number of aromatic nitrogens is 2. The number of hydrogen-bond acceptors (Lipinski definition) is 3. The summed E-state index contributed by atoms with van der Waals surface area (Å²) in [6.07, 6.45) is 2.22. The van der Waals surface area contributed by atoms with Crippen LogP contribution in [0.5, 0.6) is 0 Å². The zero-order valence-corrected chi connectivity index (χ0v) is 11.2. The molecule has 0 saturated heterocycles. The number of aliphatic carboxylic acids is 1. The SMILES string of the molecule is Cc1cc(C)n(CC(=O)N[C@@H]2CCC[C@@H]2C(=O)O)n1. The second-order valence-corrected chi connectivity index (χ2v) is 5.13. The molecule has 0 bridgehead atoms. The normalized spacial score (nSPS) is 22.4. The molecule has 2 atom stereocenters. The third-order valence-corrected chi connectivity index (χ3v) is 3.58. The zero-order chi connectivity index (χ0) is 14.0. The molecule has 0 aliphatic heterocycles. The van der Waals surface area contributed by atoms with Crippen LogP contribution in [-0.4, -0.2) is 32.8 Å². The van der Waals surface area contributed by atoms with Crippen LogP contribution in [0.3, 0.4) is 0 Å². The second kappa shape index (κ2) is 5.42. The fourth-order valence-electron chi connectivity index (χ4n) is 2.65. The van der Waals surface area contributed by atoms with Gasteiger partial charge >= 0.3 is 5.97 Å². The van der Waals surface area contributed by atoms with Crippen LogP contribution in [0.4, 0.5) is 0 Å². The van der Waals surface area contributed by atoms with Crippen molar-refractivity contribution in [2.24, 2.45) is 5.92 Å². The molecule has 1 heterocycles. The van der Waals surface area contributed by atoms with Gasteiger partial charge in [0.05, 0.1) is 11.6 Å². The summed E-state index contributed by atoms with van der Waals surface area (Å²) in [6.45, 7) is 3.91. The highest BCUT2D eigenvalue weighted by Gasteiger charge is 2.33. The van der Waals surface area contributed by atoms with Gasteiger partial charge in [0.1, 0.15) is 6.54 Å². The summed E-state index contributed by atoms with van der Waals surface area (Å²) in [5.74, 6) is -1.46. The Kier molecular flexibility index (Phi) is 3.87. The van der Waals surface area contributed by atoms with Crippen LogP contribution in [0.1, 0.15) is 30.7 Å². The van der Waals surface area contributed by atoms with Gasteiger partial charge in [-0.25, -0.2) is 0 Å². The van der Waals surface area contributed by atoms with Gasteiger partial charge in [0.25, 0.3) is 0 Å². The van der Waals surface area contributed by atoms with E-state index in [-0.39, 0.29) is 18.5 Å². The minimum absolute atomic E-state index is 0.141. The minimum Gasteiger partial charge on any atom is -0.481 e. The maximum absolute atomic E-state index is 11.9. The molecule has 0 radical (unpaired) electrons. The first kappa shape index (κ1) is 13.6. The second-order valence-electron chi connectivity index (χ2n) is 5.13. The Hall–Kier alpha value is -1.85. The lowest BCUT2D eigenvalue weighted by atomic mass is 10.0. The standard InChI is InChI=1S/C13H19N3O3/c1-8-6-9(2)16(15-8)7-12(17)14-11-5-3-4-10(11)13(18)19/h6,10-11H,3-5,7H2,1-2H3,(H,14,17)(H,18,19)/t10-,11+/m0/s1. The highest BCUT2D eigenvalue weighted by atomic mass is 16.4. The van der Waals surface area contributed by atoms with Gasteiger partial charge in [-0.2, -0.15) is 5.10 Å². The monoisotopic (exact) mass is 265 g/mol. The van der Waals surface area contributed by atoms with E-state index in [4.69, 9.17) is 5.11 Å². The maximum atomic E-state index is 11.9. The van der Waals surface area contributed by atoms with Crippen LogP contribution < -0.4 is 5.32 Å². The number of aryl methyl sites for hydroxylation is 2. The largest absolute Gasteiger partial charge is 0.481 e. The molecular formula is C13H19N3O3. The number of hydrogen-bond donors (Lipinski definition) is 2. The van der Waals surface area contributed by atoms with Crippen LogP contribution >= 0.6 is 0 Å². The molecule has 2 N–H and O–H groups in total. The third-order valence-electron chi connectivity index (χ3n) is 3.58. The molecule has 6 heteroatoms. The Bertz CT molecular complexity index is 495. The fourth-order valence-corrected chi connectivity index (χ4v) is 2.65. The minimum atomic E-state index is -0.825. The number of carboxylic acid groups (broad SMARTS) is 1. The smallest absolute Gasteiger partial charge is 0.308 e. The van der Waals surface area contributed by atoms with Gasteiger partial charge in [-0.3, -0.25) is 14.3 Å². The Labute approximate surface area is 111 Å². The summed E-state index contributed by atoms with van der Waals surface area (Å²) in [6, 6.07) is 1.66.